The van der Waals surface area contributed by atoms with Crippen LogP contribution in [-0.2, 0) is 4.74 Å². The fraction of sp³-hybridized carbons (Fsp3) is 0.840. The first-order valence-electron chi connectivity index (χ1n) is 13.0. The first-order chi connectivity index (χ1) is 15.2. The number of piperazine rings is 1. The Bertz CT molecular complexity index is 714. The summed E-state index contributed by atoms with van der Waals surface area (Å²) in [4.78, 5) is 22.0. The quantitative estimate of drug-likeness (QED) is 0.289. The van der Waals surface area contributed by atoms with Crippen molar-refractivity contribution in [2.75, 3.05) is 18.0 Å². The van der Waals surface area contributed by atoms with Crippen LogP contribution in [0.15, 0.2) is 6.20 Å². The molecule has 0 aromatic carbocycles. The SMILES string of the molecule is CCC[CH2][Sn]([CH2]CCC)([CH2]CCC)[c]1cnc(N2CC3CC(C2)N3C(=O)OC(C)(C)C)s1. The normalized spacial score (nSPS) is 20.9. The molecule has 1 amide bonds. The number of nitrogens with zero attached hydrogens (tertiary/aromatic N) is 3. The third-order valence-corrected chi connectivity index (χ3v) is 26.3. The molecule has 182 valence electrons. The van der Waals surface area contributed by atoms with Gasteiger partial charge in [-0.25, -0.2) is 0 Å². The Balaban J connectivity index is 1.72. The van der Waals surface area contributed by atoms with Crippen LogP contribution in [0, 0.1) is 0 Å². The maximum absolute atomic E-state index is 12.6. The number of piperidine rings is 1. The molecule has 7 heteroatoms. The summed E-state index contributed by atoms with van der Waals surface area (Å²) in [6.07, 6.45) is 11.3. The molecular weight excluding hydrogens is 525 g/mol. The van der Waals surface area contributed by atoms with E-state index < -0.39 is 24.0 Å². The van der Waals surface area contributed by atoms with Crippen LogP contribution in [0.25, 0.3) is 0 Å². The summed E-state index contributed by atoms with van der Waals surface area (Å²) in [5, 5.41) is 1.20. The Kier molecular flexibility index (Phi) is 9.21. The standard InChI is InChI=1S/C13H18N3O2S.3C4H9.Sn/c1-13(2,3)18-12(17)16-9-6-10(16)8-15(7-9)11-14-4-5-19-11;3*1-3-4-2;/h4,9-10H,6-8H2,1-3H3;3*1,3-4H2,2H3;. The number of carbonyl (C=O) groups excluding carboxylic acids is 1. The second kappa shape index (κ2) is 11.3. The second-order valence-corrected chi connectivity index (χ2v) is 26.1. The van der Waals surface area contributed by atoms with Crippen molar-refractivity contribution in [3.63, 3.8) is 0 Å². The summed E-state index contributed by atoms with van der Waals surface area (Å²) in [7, 11) is 0. The summed E-state index contributed by atoms with van der Waals surface area (Å²) in [5.74, 6) is 0. The van der Waals surface area contributed by atoms with Crippen molar-refractivity contribution < 1.29 is 9.53 Å². The summed E-state index contributed by atoms with van der Waals surface area (Å²) >= 11 is -0.398. The van der Waals surface area contributed by atoms with E-state index in [9.17, 15) is 4.79 Å². The Morgan fingerprint density at radius 1 is 1.06 bits per heavy atom. The van der Waals surface area contributed by atoms with E-state index in [4.69, 9.17) is 9.72 Å². The van der Waals surface area contributed by atoms with Crippen LogP contribution in [0.1, 0.15) is 86.5 Å². The molecule has 1 aromatic heterocycles. The fourth-order valence-corrected chi connectivity index (χ4v) is 25.0. The Morgan fingerprint density at radius 3 is 2.06 bits per heavy atom. The Morgan fingerprint density at radius 2 is 1.59 bits per heavy atom. The van der Waals surface area contributed by atoms with E-state index in [1.165, 1.54) is 57.0 Å². The molecule has 0 N–H and O–H groups in total. The first-order valence-corrected chi connectivity index (χ1v) is 21.3. The van der Waals surface area contributed by atoms with Gasteiger partial charge in [-0.3, -0.25) is 0 Å². The van der Waals surface area contributed by atoms with E-state index in [0.717, 1.165) is 19.5 Å². The number of carbonyl (C=O) groups is 1. The van der Waals surface area contributed by atoms with E-state index >= 15 is 0 Å². The molecule has 3 saturated heterocycles. The van der Waals surface area contributed by atoms with E-state index in [1.807, 2.05) is 37.0 Å². The summed E-state index contributed by atoms with van der Waals surface area (Å²) in [5.41, 5.74) is -0.434. The van der Waals surface area contributed by atoms with Gasteiger partial charge in [0.2, 0.25) is 0 Å². The van der Waals surface area contributed by atoms with Crippen molar-refractivity contribution in [2.24, 2.45) is 0 Å². The molecular formula is C25H45N3O2SSn. The van der Waals surface area contributed by atoms with Gasteiger partial charge in [0.15, 0.2) is 0 Å². The van der Waals surface area contributed by atoms with E-state index in [-0.39, 0.29) is 18.2 Å². The predicted molar refractivity (Wildman–Crippen MR) is 139 cm³/mol. The summed E-state index contributed by atoms with van der Waals surface area (Å²) in [6, 6.07) is 0.536. The van der Waals surface area contributed by atoms with Crippen LogP contribution in [0.2, 0.25) is 13.3 Å². The van der Waals surface area contributed by atoms with Gasteiger partial charge in [0.25, 0.3) is 0 Å². The van der Waals surface area contributed by atoms with E-state index in [0.29, 0.717) is 0 Å². The van der Waals surface area contributed by atoms with Crippen molar-refractivity contribution in [3.05, 3.63) is 6.20 Å². The van der Waals surface area contributed by atoms with E-state index in [1.54, 1.807) is 2.89 Å². The average Bonchev–Trinajstić information content (AvgIpc) is 3.23. The van der Waals surface area contributed by atoms with Crippen LogP contribution in [0.4, 0.5) is 9.93 Å². The molecule has 0 spiro atoms. The van der Waals surface area contributed by atoms with Crippen molar-refractivity contribution in [2.45, 2.75) is 117 Å². The van der Waals surface area contributed by atoms with Gasteiger partial charge in [0.1, 0.15) is 0 Å². The predicted octanol–water partition coefficient (Wildman–Crippen LogP) is 6.40. The minimum atomic E-state index is -2.41. The number of hydrogen-bond acceptors (Lipinski definition) is 5. The van der Waals surface area contributed by atoms with Crippen LogP contribution >= 0.6 is 11.3 Å². The molecule has 0 saturated carbocycles. The third-order valence-electron chi connectivity index (χ3n) is 7.11. The Hall–Kier alpha value is -0.501. The van der Waals surface area contributed by atoms with Gasteiger partial charge in [0, 0.05) is 0 Å². The number of rotatable bonds is 11. The molecule has 4 rings (SSSR count). The maximum atomic E-state index is 12.6. The van der Waals surface area contributed by atoms with Crippen LogP contribution in [-0.4, -0.2) is 65.1 Å². The molecule has 3 aliphatic heterocycles. The number of unbranched alkanes of at least 4 members (excludes halogenated alkanes) is 3. The number of fused-ring (bicyclic) bond motifs is 2. The monoisotopic (exact) mass is 571 g/mol. The minimum absolute atomic E-state index is 0.146. The molecule has 0 aliphatic carbocycles. The molecule has 1 aromatic rings. The molecule has 0 radical (unpaired) electrons. The van der Waals surface area contributed by atoms with Crippen LogP contribution in [0.5, 0.6) is 0 Å². The molecule has 5 nitrogen and oxygen atoms in total. The molecule has 3 aliphatic rings. The van der Waals surface area contributed by atoms with Gasteiger partial charge in [-0.15, -0.1) is 0 Å². The molecule has 2 atom stereocenters. The van der Waals surface area contributed by atoms with Crippen LogP contribution in [0.3, 0.4) is 0 Å². The Labute approximate surface area is 204 Å². The summed E-state index contributed by atoms with van der Waals surface area (Å²) < 4.78 is 11.8. The van der Waals surface area contributed by atoms with Crippen molar-refractivity contribution >= 4 is 43.8 Å². The van der Waals surface area contributed by atoms with E-state index in [2.05, 4.69) is 31.9 Å². The van der Waals surface area contributed by atoms with Gasteiger partial charge in [-0.05, 0) is 0 Å². The number of ether oxygens (including phenoxy) is 1. The molecule has 4 heterocycles. The van der Waals surface area contributed by atoms with Gasteiger partial charge in [-0.2, -0.15) is 0 Å². The zero-order chi connectivity index (χ0) is 23.4. The molecule has 2 bridgehead atoms. The third kappa shape index (κ3) is 6.13. The van der Waals surface area contributed by atoms with Crippen molar-refractivity contribution in [1.29, 1.82) is 0 Å². The molecule has 2 unspecified atom stereocenters. The van der Waals surface area contributed by atoms with Gasteiger partial charge >= 0.3 is 205 Å². The van der Waals surface area contributed by atoms with Gasteiger partial charge < -0.3 is 0 Å². The number of hydrogen-bond donors (Lipinski definition) is 0. The number of aromatic nitrogens is 1. The number of thiazole rings is 1. The summed E-state index contributed by atoms with van der Waals surface area (Å²) in [6.45, 7) is 14.6. The fourth-order valence-electron chi connectivity index (χ4n) is 5.33. The van der Waals surface area contributed by atoms with Crippen LogP contribution < -0.4 is 7.79 Å². The molecule has 3 fully saturated rings. The average molecular weight is 570 g/mol. The number of anilines is 1. The van der Waals surface area contributed by atoms with Gasteiger partial charge in [0.05, 0.1) is 0 Å². The zero-order valence-corrected chi connectivity index (χ0v) is 25.0. The number of amides is 1. The van der Waals surface area contributed by atoms with Crippen molar-refractivity contribution in [1.82, 2.24) is 9.88 Å². The topological polar surface area (TPSA) is 45.7 Å². The van der Waals surface area contributed by atoms with Gasteiger partial charge in [-0.1, -0.05) is 0 Å². The second-order valence-electron chi connectivity index (χ2n) is 10.9. The zero-order valence-electron chi connectivity index (χ0n) is 21.3. The van der Waals surface area contributed by atoms with Crippen molar-refractivity contribution in [3.8, 4) is 0 Å². The first kappa shape index (κ1) is 26.1. The molecule has 32 heavy (non-hydrogen) atoms.